The first-order chi connectivity index (χ1) is 9.87. The maximum Gasteiger partial charge on any atom is 0.0539 e. The van der Waals surface area contributed by atoms with Gasteiger partial charge < -0.3 is 0 Å². The van der Waals surface area contributed by atoms with Gasteiger partial charge in [-0.25, -0.2) is 0 Å². The summed E-state index contributed by atoms with van der Waals surface area (Å²) in [7, 11) is -2.73. The molecule has 0 bridgehead atoms. The highest BCUT2D eigenvalue weighted by Crippen LogP contribution is 2.45. The average molecular weight is 331 g/mol. The van der Waals surface area contributed by atoms with Crippen LogP contribution in [0.15, 0.2) is 48.6 Å². The molecule has 0 saturated heterocycles. The summed E-state index contributed by atoms with van der Waals surface area (Å²) in [5.41, 5.74) is 1.86. The van der Waals surface area contributed by atoms with Crippen molar-refractivity contribution in [2.24, 2.45) is 10.8 Å². The molecule has 0 fully saturated rings. The summed E-state index contributed by atoms with van der Waals surface area (Å²) < 4.78 is 0. The van der Waals surface area contributed by atoms with Gasteiger partial charge in [0.05, 0.1) is 15.2 Å². The van der Waals surface area contributed by atoms with Crippen molar-refractivity contribution in [3.63, 3.8) is 0 Å². The Hall–Kier alpha value is -0.606. The Balaban J connectivity index is 2.25. The van der Waals surface area contributed by atoms with Crippen LogP contribution in [0.2, 0.25) is 37.3 Å². The van der Waals surface area contributed by atoms with E-state index in [1.54, 1.807) is 0 Å². The fourth-order valence-corrected chi connectivity index (χ4v) is 13.8. The molecule has 0 nitrogen and oxygen atoms in total. The predicted molar refractivity (Wildman–Crippen MR) is 107 cm³/mol. The van der Waals surface area contributed by atoms with E-state index in [0.29, 0.717) is 11.1 Å². The van der Waals surface area contributed by atoms with Gasteiger partial charge >= 0.3 is 0 Å². The SMILES string of the molecule is CC1(C)C=CC([Si](C)(C)[Si](C)(C)C2C=CC(C)(C)C=C2)C=C1. The second kappa shape index (κ2) is 5.49. The summed E-state index contributed by atoms with van der Waals surface area (Å²) in [5, 5.41) is 0. The van der Waals surface area contributed by atoms with Crippen LogP contribution in [0.1, 0.15) is 27.7 Å². The van der Waals surface area contributed by atoms with E-state index in [1.807, 2.05) is 0 Å². The first-order valence-corrected chi connectivity index (χ1v) is 15.8. The number of allylic oxidation sites excluding steroid dienone is 8. The molecule has 0 spiro atoms. The van der Waals surface area contributed by atoms with Gasteiger partial charge in [0.2, 0.25) is 0 Å². The van der Waals surface area contributed by atoms with Crippen molar-refractivity contribution in [2.45, 2.75) is 65.0 Å². The van der Waals surface area contributed by atoms with Crippen LogP contribution in [0.3, 0.4) is 0 Å². The van der Waals surface area contributed by atoms with E-state index in [9.17, 15) is 0 Å². The van der Waals surface area contributed by atoms with Crippen molar-refractivity contribution in [1.29, 1.82) is 0 Å². The second-order valence-corrected chi connectivity index (χ2v) is 25.5. The smallest absolute Gasteiger partial charge is 0.0539 e. The van der Waals surface area contributed by atoms with Crippen molar-refractivity contribution in [1.82, 2.24) is 0 Å². The molecule has 0 saturated carbocycles. The van der Waals surface area contributed by atoms with E-state index >= 15 is 0 Å². The molecular formula is C20H34Si2. The maximum atomic E-state index is 2.62. The highest BCUT2D eigenvalue weighted by atomic mass is 29.3. The third-order valence-corrected chi connectivity index (χ3v) is 25.6. The lowest BCUT2D eigenvalue weighted by atomic mass is 9.89. The minimum atomic E-state index is -1.36. The summed E-state index contributed by atoms with van der Waals surface area (Å²) in [4.78, 5) is 0. The van der Waals surface area contributed by atoms with E-state index in [1.165, 1.54) is 0 Å². The maximum absolute atomic E-state index is 2.62. The number of hydrogen-bond donors (Lipinski definition) is 0. The molecule has 0 aromatic carbocycles. The van der Waals surface area contributed by atoms with Gasteiger partial charge in [0.25, 0.3) is 0 Å². The first-order valence-electron chi connectivity index (χ1n) is 8.65. The number of rotatable bonds is 3. The molecule has 0 atom stereocenters. The Kier molecular flexibility index (Phi) is 4.42. The zero-order valence-electron chi connectivity index (χ0n) is 15.8. The molecule has 2 rings (SSSR count). The predicted octanol–water partition coefficient (Wildman–Crippen LogP) is 6.53. The second-order valence-electron chi connectivity index (χ2n) is 9.57. The van der Waals surface area contributed by atoms with Crippen LogP contribution < -0.4 is 0 Å². The first kappa shape index (κ1) is 17.7. The van der Waals surface area contributed by atoms with E-state index in [0.717, 1.165) is 0 Å². The molecule has 2 aliphatic rings. The molecule has 2 heteroatoms. The van der Waals surface area contributed by atoms with Crippen LogP contribution in [0, 0.1) is 10.8 Å². The molecule has 0 aromatic rings. The van der Waals surface area contributed by atoms with Crippen molar-refractivity contribution in [3.8, 4) is 0 Å². The molecule has 0 amide bonds. The largest absolute Gasteiger partial charge is 0.0838 e. The fraction of sp³-hybridized carbons (Fsp3) is 0.600. The van der Waals surface area contributed by atoms with Gasteiger partial charge in [-0.3, -0.25) is 0 Å². The third kappa shape index (κ3) is 3.33. The zero-order valence-corrected chi connectivity index (χ0v) is 17.8. The number of hydrogen-bond acceptors (Lipinski definition) is 0. The Morgan fingerprint density at radius 3 is 1.00 bits per heavy atom. The van der Waals surface area contributed by atoms with Crippen molar-refractivity contribution < 1.29 is 0 Å². The van der Waals surface area contributed by atoms with Crippen LogP contribution in [-0.4, -0.2) is 15.2 Å². The van der Waals surface area contributed by atoms with Gasteiger partial charge in [-0.05, 0) is 11.1 Å². The van der Waals surface area contributed by atoms with Gasteiger partial charge in [0, 0.05) is 10.8 Å². The molecular weight excluding hydrogens is 296 g/mol. The molecule has 0 radical (unpaired) electrons. The lowest BCUT2D eigenvalue weighted by Crippen LogP contribution is -2.59. The summed E-state index contributed by atoms with van der Waals surface area (Å²) in [6.07, 6.45) is 19.8. The van der Waals surface area contributed by atoms with Crippen LogP contribution in [0.4, 0.5) is 0 Å². The average Bonchev–Trinajstić information content (AvgIpc) is 2.37. The highest BCUT2D eigenvalue weighted by Gasteiger charge is 2.48. The Labute approximate surface area is 139 Å². The van der Waals surface area contributed by atoms with Gasteiger partial charge in [0.15, 0.2) is 0 Å². The molecule has 0 aliphatic heterocycles. The topological polar surface area (TPSA) is 0 Å². The van der Waals surface area contributed by atoms with E-state index in [4.69, 9.17) is 0 Å². The molecule has 122 valence electrons. The standard InChI is InChI=1S/C20H34Si2/c1-19(2)13-9-17(10-14-19)21(5,6)22(7,8)18-11-15-20(3,4)16-12-18/h9-18H,1-8H3. The normalized spacial score (nSPS) is 24.9. The van der Waals surface area contributed by atoms with Crippen LogP contribution >= 0.6 is 0 Å². The summed E-state index contributed by atoms with van der Waals surface area (Å²) in [5.74, 6) is 0. The lowest BCUT2D eigenvalue weighted by molar-refractivity contribution is 0.613. The van der Waals surface area contributed by atoms with Gasteiger partial charge in [-0.1, -0.05) is 102 Å². The molecule has 0 aromatic heterocycles. The molecule has 0 heterocycles. The molecule has 2 aliphatic carbocycles. The Bertz CT molecular complexity index is 460. The fourth-order valence-electron chi connectivity index (χ4n) is 3.47. The summed E-state index contributed by atoms with van der Waals surface area (Å²) >= 11 is 0. The summed E-state index contributed by atoms with van der Waals surface area (Å²) in [6, 6.07) is 0. The van der Waals surface area contributed by atoms with Crippen molar-refractivity contribution >= 4 is 15.2 Å². The van der Waals surface area contributed by atoms with Crippen LogP contribution in [0.5, 0.6) is 0 Å². The van der Waals surface area contributed by atoms with Crippen molar-refractivity contribution in [2.75, 3.05) is 0 Å². The highest BCUT2D eigenvalue weighted by molar-refractivity contribution is 7.42. The van der Waals surface area contributed by atoms with Crippen molar-refractivity contribution in [3.05, 3.63) is 48.6 Å². The molecule has 0 N–H and O–H groups in total. The van der Waals surface area contributed by atoms with Gasteiger partial charge in [0.1, 0.15) is 0 Å². The minimum absolute atomic E-state index is 0.237. The minimum Gasteiger partial charge on any atom is -0.0838 e. The summed E-state index contributed by atoms with van der Waals surface area (Å²) in [6.45, 7) is 19.7. The zero-order chi connectivity index (χ0) is 16.8. The van der Waals surface area contributed by atoms with E-state index < -0.39 is 15.2 Å². The van der Waals surface area contributed by atoms with Crippen LogP contribution in [-0.2, 0) is 0 Å². The lowest BCUT2D eigenvalue weighted by Gasteiger charge is -2.47. The Morgan fingerprint density at radius 1 is 0.545 bits per heavy atom. The Morgan fingerprint density at radius 2 is 0.773 bits per heavy atom. The quantitative estimate of drug-likeness (QED) is 0.408. The van der Waals surface area contributed by atoms with E-state index in [-0.39, 0.29) is 10.8 Å². The third-order valence-electron chi connectivity index (χ3n) is 6.26. The van der Waals surface area contributed by atoms with Gasteiger partial charge in [-0.15, -0.1) is 0 Å². The van der Waals surface area contributed by atoms with E-state index in [2.05, 4.69) is 102 Å². The molecule has 0 unspecified atom stereocenters. The van der Waals surface area contributed by atoms with Gasteiger partial charge in [-0.2, -0.15) is 0 Å². The monoisotopic (exact) mass is 330 g/mol. The van der Waals surface area contributed by atoms with Crippen LogP contribution in [0.25, 0.3) is 0 Å². The molecule has 22 heavy (non-hydrogen) atoms.